The van der Waals surface area contributed by atoms with Crippen LogP contribution in [-0.4, -0.2) is 15.0 Å². The van der Waals surface area contributed by atoms with Gasteiger partial charge in [0, 0.05) is 0 Å². The molecule has 0 bridgehead atoms. The van der Waals surface area contributed by atoms with Gasteiger partial charge in [0.25, 0.3) is 0 Å². The van der Waals surface area contributed by atoms with Gasteiger partial charge >= 0.3 is 0 Å². The Morgan fingerprint density at radius 1 is 1.31 bits per heavy atom. The summed E-state index contributed by atoms with van der Waals surface area (Å²) in [5.41, 5.74) is 0.993. The van der Waals surface area contributed by atoms with Gasteiger partial charge in [-0.15, -0.1) is 5.10 Å². The van der Waals surface area contributed by atoms with Crippen LogP contribution in [0, 0.1) is 0 Å². The summed E-state index contributed by atoms with van der Waals surface area (Å²) in [6, 6.07) is 0.532. The van der Waals surface area contributed by atoms with Crippen LogP contribution in [0.3, 0.4) is 0 Å². The van der Waals surface area contributed by atoms with E-state index in [0.717, 1.165) is 15.6 Å². The maximum absolute atomic E-state index is 4.42. The first-order valence-corrected chi connectivity index (χ1v) is 6.40. The van der Waals surface area contributed by atoms with Gasteiger partial charge in [0.15, 0.2) is 4.60 Å². The second-order valence-corrected chi connectivity index (χ2v) is 4.64. The third-order valence-electron chi connectivity index (χ3n) is 2.43. The Labute approximate surface area is 94.1 Å². The maximum Gasteiger partial charge on any atom is 0.152 e. The predicted octanol–water partition coefficient (Wildman–Crippen LogP) is 3.05. The van der Waals surface area contributed by atoms with Crippen LogP contribution in [0.2, 0.25) is 0 Å². The van der Waals surface area contributed by atoms with Crippen LogP contribution < -0.4 is 0 Å². The fourth-order valence-corrected chi connectivity index (χ4v) is 2.85. The van der Waals surface area contributed by atoms with Crippen LogP contribution in [0.15, 0.2) is 4.60 Å². The van der Waals surface area contributed by atoms with Crippen molar-refractivity contribution >= 4 is 31.9 Å². The van der Waals surface area contributed by atoms with Gasteiger partial charge in [0.1, 0.15) is 5.69 Å². The van der Waals surface area contributed by atoms with E-state index in [4.69, 9.17) is 0 Å². The van der Waals surface area contributed by atoms with Crippen LogP contribution >= 0.6 is 31.9 Å². The average molecular weight is 309 g/mol. The quantitative estimate of drug-likeness (QED) is 0.786. The summed E-state index contributed by atoms with van der Waals surface area (Å²) in [5, 5.41) is 9.54. The molecule has 0 N–H and O–H groups in total. The Morgan fingerprint density at radius 3 is 2.54 bits per heavy atom. The zero-order valence-corrected chi connectivity index (χ0v) is 10.4. The molecule has 0 saturated heterocycles. The minimum atomic E-state index is 0.532. The molecule has 1 aliphatic carbocycles. The highest BCUT2D eigenvalue weighted by molar-refractivity contribution is 9.10. The number of alkyl halides is 1. The fraction of sp³-hybridized carbons (Fsp3) is 0.750. The minimum absolute atomic E-state index is 0.532. The summed E-state index contributed by atoms with van der Waals surface area (Å²) in [6.45, 7) is 0. The van der Waals surface area contributed by atoms with E-state index in [9.17, 15) is 0 Å². The molecule has 0 aromatic carbocycles. The molecule has 0 atom stereocenters. The van der Waals surface area contributed by atoms with E-state index in [1.54, 1.807) is 0 Å². The molecule has 0 spiro atoms. The van der Waals surface area contributed by atoms with Crippen LogP contribution in [0.4, 0.5) is 0 Å². The van der Waals surface area contributed by atoms with Gasteiger partial charge in [-0.1, -0.05) is 28.8 Å². The second-order valence-electron chi connectivity index (χ2n) is 3.33. The van der Waals surface area contributed by atoms with Crippen molar-refractivity contribution in [2.45, 2.75) is 37.1 Å². The first kappa shape index (κ1) is 9.65. The lowest BCUT2D eigenvalue weighted by atomic mass is 10.3. The molecule has 1 fully saturated rings. The van der Waals surface area contributed by atoms with Crippen LogP contribution in [0.1, 0.15) is 37.4 Å². The molecule has 1 heterocycles. The lowest BCUT2D eigenvalue weighted by Crippen LogP contribution is -2.08. The average Bonchev–Trinajstić information content (AvgIpc) is 2.71. The molecule has 1 aliphatic rings. The van der Waals surface area contributed by atoms with Gasteiger partial charge in [0.2, 0.25) is 0 Å². The number of rotatable bonds is 2. The number of nitrogens with zero attached hydrogens (tertiary/aromatic N) is 3. The van der Waals surface area contributed by atoms with Crippen LogP contribution in [0.5, 0.6) is 0 Å². The Kier molecular flexibility index (Phi) is 3.03. The van der Waals surface area contributed by atoms with Crippen molar-refractivity contribution in [3.8, 4) is 0 Å². The van der Waals surface area contributed by atoms with E-state index in [1.807, 2.05) is 4.80 Å². The van der Waals surface area contributed by atoms with E-state index in [0.29, 0.717) is 6.04 Å². The topological polar surface area (TPSA) is 30.7 Å². The van der Waals surface area contributed by atoms with E-state index >= 15 is 0 Å². The smallest absolute Gasteiger partial charge is 0.152 e. The van der Waals surface area contributed by atoms with E-state index < -0.39 is 0 Å². The predicted molar refractivity (Wildman–Crippen MR) is 57.9 cm³/mol. The molecule has 1 aromatic rings. The van der Waals surface area contributed by atoms with E-state index in [1.165, 1.54) is 25.7 Å². The largest absolute Gasteiger partial charge is 0.180 e. The van der Waals surface area contributed by atoms with Gasteiger partial charge in [-0.25, -0.2) is 0 Å². The highest BCUT2D eigenvalue weighted by Crippen LogP contribution is 2.29. The Morgan fingerprint density at radius 2 is 2.00 bits per heavy atom. The molecule has 2 rings (SSSR count). The summed E-state index contributed by atoms with van der Waals surface area (Å²) in [6.07, 6.45) is 5.08. The number of hydrogen-bond donors (Lipinski definition) is 0. The third kappa shape index (κ3) is 1.96. The van der Waals surface area contributed by atoms with Crippen LogP contribution in [0.25, 0.3) is 0 Å². The summed E-state index contributed by atoms with van der Waals surface area (Å²) in [4.78, 5) is 1.87. The number of halogens is 2. The van der Waals surface area contributed by atoms with Gasteiger partial charge < -0.3 is 0 Å². The van der Waals surface area contributed by atoms with Crippen molar-refractivity contribution in [1.29, 1.82) is 0 Å². The lowest BCUT2D eigenvalue weighted by molar-refractivity contribution is 0.410. The molecular formula is C8H11Br2N3. The van der Waals surface area contributed by atoms with Crippen LogP contribution in [-0.2, 0) is 5.33 Å². The van der Waals surface area contributed by atoms with Gasteiger partial charge in [-0.2, -0.15) is 9.90 Å². The lowest BCUT2D eigenvalue weighted by Gasteiger charge is -2.05. The number of aromatic nitrogens is 3. The Balaban J connectivity index is 2.20. The molecule has 0 amide bonds. The van der Waals surface area contributed by atoms with Crippen molar-refractivity contribution in [2.75, 3.05) is 0 Å². The zero-order chi connectivity index (χ0) is 9.26. The summed E-state index contributed by atoms with van der Waals surface area (Å²) >= 11 is 6.78. The van der Waals surface area contributed by atoms with Crippen molar-refractivity contribution in [1.82, 2.24) is 15.0 Å². The minimum Gasteiger partial charge on any atom is -0.180 e. The molecule has 72 valence electrons. The normalized spacial score (nSPS) is 18.3. The van der Waals surface area contributed by atoms with Gasteiger partial charge in [-0.05, 0) is 28.8 Å². The standard InChI is InChI=1S/C8H11Br2N3/c9-5-7-8(10)12-13(11-7)6-3-1-2-4-6/h6H,1-5H2. The Bertz CT molecular complexity index is 292. The molecule has 5 heteroatoms. The molecule has 0 aliphatic heterocycles. The van der Waals surface area contributed by atoms with Crippen molar-refractivity contribution in [2.24, 2.45) is 0 Å². The highest BCUT2D eigenvalue weighted by Gasteiger charge is 2.20. The zero-order valence-electron chi connectivity index (χ0n) is 7.21. The fourth-order valence-electron chi connectivity index (χ4n) is 1.72. The summed E-state index contributed by atoms with van der Waals surface area (Å²) in [5.74, 6) is 0. The summed E-state index contributed by atoms with van der Waals surface area (Å²) in [7, 11) is 0. The molecule has 0 unspecified atom stereocenters. The Hall–Kier alpha value is 0.1000. The van der Waals surface area contributed by atoms with Crippen molar-refractivity contribution < 1.29 is 0 Å². The molecule has 3 nitrogen and oxygen atoms in total. The van der Waals surface area contributed by atoms with Crippen molar-refractivity contribution in [3.63, 3.8) is 0 Å². The number of hydrogen-bond acceptors (Lipinski definition) is 2. The molecular weight excluding hydrogens is 298 g/mol. The van der Waals surface area contributed by atoms with E-state index in [2.05, 4.69) is 42.1 Å². The van der Waals surface area contributed by atoms with E-state index in [-0.39, 0.29) is 0 Å². The molecule has 1 saturated carbocycles. The monoisotopic (exact) mass is 307 g/mol. The third-order valence-corrected chi connectivity index (χ3v) is 3.58. The van der Waals surface area contributed by atoms with Crippen molar-refractivity contribution in [3.05, 3.63) is 10.3 Å². The highest BCUT2D eigenvalue weighted by atomic mass is 79.9. The molecule has 0 radical (unpaired) electrons. The summed E-state index contributed by atoms with van der Waals surface area (Å²) < 4.78 is 0.872. The molecule has 13 heavy (non-hydrogen) atoms. The maximum atomic E-state index is 4.42. The van der Waals surface area contributed by atoms with Gasteiger partial charge in [0.05, 0.1) is 11.4 Å². The first-order valence-electron chi connectivity index (χ1n) is 4.48. The SMILES string of the molecule is BrCc1nn(C2CCCC2)nc1Br. The molecule has 1 aromatic heterocycles. The van der Waals surface area contributed by atoms with Gasteiger partial charge in [-0.3, -0.25) is 0 Å². The second kappa shape index (κ2) is 4.09. The first-order chi connectivity index (χ1) is 6.31.